The monoisotopic (exact) mass is 598 g/mol. The van der Waals surface area contributed by atoms with Crippen molar-refractivity contribution in [3.05, 3.63) is 66.4 Å². The molecule has 5 heterocycles. The third-order valence-corrected chi connectivity index (χ3v) is 7.69. The molecule has 14 nitrogen and oxygen atoms in total. The van der Waals surface area contributed by atoms with Crippen molar-refractivity contribution < 1.29 is 19.5 Å². The van der Waals surface area contributed by atoms with Gasteiger partial charge in [0.1, 0.15) is 30.8 Å². The van der Waals surface area contributed by atoms with Crippen molar-refractivity contribution in [2.24, 2.45) is 5.92 Å². The average Bonchev–Trinajstić information content (AvgIpc) is 3.95. The van der Waals surface area contributed by atoms with Gasteiger partial charge in [-0.15, -0.1) is 0 Å². The molecule has 2 N–H and O–H groups in total. The van der Waals surface area contributed by atoms with Gasteiger partial charge in [-0.1, -0.05) is 0 Å². The summed E-state index contributed by atoms with van der Waals surface area (Å²) in [6.45, 7) is 1.97. The lowest BCUT2D eigenvalue weighted by Gasteiger charge is -2.18. The van der Waals surface area contributed by atoms with E-state index in [0.717, 1.165) is 47.5 Å². The molecule has 2 saturated carbocycles. The summed E-state index contributed by atoms with van der Waals surface area (Å²) in [5.41, 5.74) is 4.04. The second-order valence-electron chi connectivity index (χ2n) is 11.3. The van der Waals surface area contributed by atoms with Crippen molar-refractivity contribution in [2.75, 3.05) is 41.9 Å². The quantitative estimate of drug-likeness (QED) is 0.274. The van der Waals surface area contributed by atoms with Crippen LogP contribution in [0.2, 0.25) is 0 Å². The molecule has 3 fully saturated rings. The Bertz CT molecular complexity index is 1690. The van der Waals surface area contributed by atoms with Gasteiger partial charge in [0.05, 0.1) is 31.1 Å². The maximum Gasteiger partial charge on any atom is 0.331 e. The molecule has 4 aromatic rings. The van der Waals surface area contributed by atoms with Crippen molar-refractivity contribution in [1.82, 2.24) is 34.2 Å². The van der Waals surface area contributed by atoms with Crippen LogP contribution < -0.4 is 15.1 Å². The number of β-amino-alcohol motifs (C(OH)–C–C–N with tert-alkyl or cyclic N) is 1. The standard InChI is InChI=1S/C25H28N8O4.C5H6N2/c1-30(21-9-20(26-14-27-21)29-24(36)16-4-5-16)11-18-12-31-10-17(15-2-3-15)8-19(23(31)28-18)33-13-22(35)32(6-7-34)25(33)37;1-5-2-3-6-4-7-5/h8-10,12,14-16,34H,2-7,11,13H2,1H3,(H,26,27,29,36);2-4H,1H3. The van der Waals surface area contributed by atoms with Gasteiger partial charge in [-0.2, -0.15) is 0 Å². The summed E-state index contributed by atoms with van der Waals surface area (Å²) in [6.07, 6.45) is 12.7. The molecule has 0 aromatic carbocycles. The lowest BCUT2D eigenvalue weighted by Crippen LogP contribution is -2.35. The van der Waals surface area contributed by atoms with Crippen molar-refractivity contribution in [3.8, 4) is 0 Å². The number of hydrogen-bond donors (Lipinski definition) is 2. The number of urea groups is 1. The molecular weight excluding hydrogens is 564 g/mol. The van der Waals surface area contributed by atoms with E-state index in [1.807, 2.05) is 47.8 Å². The lowest BCUT2D eigenvalue weighted by atomic mass is 10.1. The Hall–Kier alpha value is -4.98. The molecule has 0 spiro atoms. The van der Waals surface area contributed by atoms with Gasteiger partial charge in [-0.25, -0.2) is 29.7 Å². The summed E-state index contributed by atoms with van der Waals surface area (Å²) in [7, 11) is 1.88. The van der Waals surface area contributed by atoms with Crippen LogP contribution in [0.3, 0.4) is 0 Å². The topological polar surface area (TPSA) is 162 Å². The Morgan fingerprint density at radius 2 is 1.91 bits per heavy atom. The van der Waals surface area contributed by atoms with Crippen LogP contribution in [0, 0.1) is 12.8 Å². The van der Waals surface area contributed by atoms with Crippen LogP contribution in [0.4, 0.5) is 22.1 Å². The Morgan fingerprint density at radius 3 is 2.57 bits per heavy atom. The first-order valence-corrected chi connectivity index (χ1v) is 14.6. The fraction of sp³-hybridized carbons (Fsp3) is 0.400. The fourth-order valence-corrected chi connectivity index (χ4v) is 5.00. The minimum Gasteiger partial charge on any atom is -0.395 e. The molecule has 0 atom stereocenters. The highest BCUT2D eigenvalue weighted by Crippen LogP contribution is 2.42. The third kappa shape index (κ3) is 6.49. The number of imide groups is 1. The number of amides is 4. The molecule has 1 saturated heterocycles. The Morgan fingerprint density at radius 1 is 1.09 bits per heavy atom. The van der Waals surface area contributed by atoms with Gasteiger partial charge in [0, 0.05) is 43.3 Å². The van der Waals surface area contributed by atoms with E-state index in [-0.39, 0.29) is 37.4 Å². The number of imidazole rings is 1. The molecule has 0 bridgehead atoms. The zero-order chi connectivity index (χ0) is 30.8. The van der Waals surface area contributed by atoms with E-state index in [2.05, 4.69) is 25.3 Å². The number of aryl methyl sites for hydroxylation is 1. The highest BCUT2D eigenvalue weighted by atomic mass is 16.3. The van der Waals surface area contributed by atoms with Crippen LogP contribution >= 0.6 is 0 Å². The van der Waals surface area contributed by atoms with Crippen LogP contribution in [-0.4, -0.2) is 83.9 Å². The number of fused-ring (bicyclic) bond motifs is 1. The number of carbonyl (C=O) groups excluding carboxylic acids is 3. The highest BCUT2D eigenvalue weighted by molar-refractivity contribution is 6.13. The van der Waals surface area contributed by atoms with Gasteiger partial charge in [0.15, 0.2) is 5.65 Å². The number of anilines is 3. The van der Waals surface area contributed by atoms with Gasteiger partial charge in [-0.3, -0.25) is 19.4 Å². The number of pyridine rings is 1. The van der Waals surface area contributed by atoms with E-state index in [0.29, 0.717) is 35.4 Å². The summed E-state index contributed by atoms with van der Waals surface area (Å²) in [6, 6.07) is 5.11. The summed E-state index contributed by atoms with van der Waals surface area (Å²) < 4.78 is 1.92. The SMILES string of the molecule is CN(Cc1cn2cc(C3CC3)cc(N3CC(=O)N(CCO)C3=O)c2n1)c1cc(NC(=O)C2CC2)ncn1.Cc1ccncn1. The minimum absolute atomic E-state index is 0.0147. The second-order valence-corrected chi connectivity index (χ2v) is 11.3. The number of hydrogen-bond acceptors (Lipinski definition) is 10. The number of nitrogens with one attached hydrogen (secondary N) is 1. The molecule has 14 heteroatoms. The first-order chi connectivity index (χ1) is 21.3. The molecule has 0 unspecified atom stereocenters. The van der Waals surface area contributed by atoms with Crippen LogP contribution in [0.5, 0.6) is 0 Å². The van der Waals surface area contributed by atoms with Crippen molar-refractivity contribution in [1.29, 1.82) is 0 Å². The molecule has 4 aromatic heterocycles. The summed E-state index contributed by atoms with van der Waals surface area (Å²) in [5, 5.41) is 12.1. The van der Waals surface area contributed by atoms with E-state index in [1.165, 1.54) is 17.6 Å². The van der Waals surface area contributed by atoms with Gasteiger partial charge in [-0.05, 0) is 56.2 Å². The molecular formula is C30H34N10O4. The number of aliphatic hydroxyl groups is 1. The maximum absolute atomic E-state index is 13.0. The molecule has 7 rings (SSSR count). The van der Waals surface area contributed by atoms with Gasteiger partial charge in [0.25, 0.3) is 5.91 Å². The second kappa shape index (κ2) is 12.3. The molecule has 0 radical (unpaired) electrons. The number of aliphatic hydroxyl groups excluding tert-OH is 1. The number of carbonyl (C=O) groups is 3. The van der Waals surface area contributed by atoms with Gasteiger partial charge >= 0.3 is 6.03 Å². The molecule has 4 amide bonds. The van der Waals surface area contributed by atoms with E-state index >= 15 is 0 Å². The van der Waals surface area contributed by atoms with Crippen LogP contribution in [0.25, 0.3) is 5.65 Å². The highest BCUT2D eigenvalue weighted by Gasteiger charge is 2.38. The third-order valence-electron chi connectivity index (χ3n) is 7.69. The van der Waals surface area contributed by atoms with E-state index in [4.69, 9.17) is 4.98 Å². The Labute approximate surface area is 253 Å². The van der Waals surface area contributed by atoms with E-state index in [9.17, 15) is 19.5 Å². The summed E-state index contributed by atoms with van der Waals surface area (Å²) >= 11 is 0. The number of rotatable bonds is 9. The lowest BCUT2D eigenvalue weighted by molar-refractivity contribution is -0.125. The largest absolute Gasteiger partial charge is 0.395 e. The minimum atomic E-state index is -0.447. The summed E-state index contributed by atoms with van der Waals surface area (Å²) in [4.78, 5) is 62.9. The fourth-order valence-electron chi connectivity index (χ4n) is 5.00. The van der Waals surface area contributed by atoms with Crippen molar-refractivity contribution >= 4 is 40.8 Å². The van der Waals surface area contributed by atoms with Gasteiger partial charge < -0.3 is 19.7 Å². The van der Waals surface area contributed by atoms with E-state index < -0.39 is 6.03 Å². The van der Waals surface area contributed by atoms with Crippen molar-refractivity contribution in [2.45, 2.75) is 45.1 Å². The molecule has 3 aliphatic rings. The normalized spacial score (nSPS) is 16.2. The van der Waals surface area contributed by atoms with Crippen LogP contribution in [0.15, 0.2) is 49.4 Å². The number of aromatic nitrogens is 6. The average molecular weight is 599 g/mol. The van der Waals surface area contributed by atoms with E-state index in [1.54, 1.807) is 12.3 Å². The zero-order valence-electron chi connectivity index (χ0n) is 24.6. The zero-order valence-corrected chi connectivity index (χ0v) is 24.6. The van der Waals surface area contributed by atoms with Crippen LogP contribution in [-0.2, 0) is 16.1 Å². The predicted octanol–water partition coefficient (Wildman–Crippen LogP) is 2.53. The first-order valence-electron chi connectivity index (χ1n) is 14.6. The van der Waals surface area contributed by atoms with Crippen LogP contribution in [0.1, 0.15) is 48.6 Å². The summed E-state index contributed by atoms with van der Waals surface area (Å²) in [5.74, 6) is 1.26. The predicted molar refractivity (Wildman–Crippen MR) is 161 cm³/mol. The number of nitrogens with zero attached hydrogens (tertiary/aromatic N) is 9. The maximum atomic E-state index is 13.0. The van der Waals surface area contributed by atoms with Crippen molar-refractivity contribution in [3.63, 3.8) is 0 Å². The molecule has 2 aliphatic carbocycles. The Balaban J connectivity index is 0.000000433. The molecule has 228 valence electrons. The Kier molecular flexibility index (Phi) is 8.15. The van der Waals surface area contributed by atoms with Gasteiger partial charge in [0.2, 0.25) is 5.91 Å². The smallest absolute Gasteiger partial charge is 0.331 e. The molecule has 44 heavy (non-hydrogen) atoms. The molecule has 1 aliphatic heterocycles. The first kappa shape index (κ1) is 29.1.